The van der Waals surface area contributed by atoms with Gasteiger partial charge in [-0.25, -0.2) is 0 Å². The highest BCUT2D eigenvalue weighted by Gasteiger charge is 2.18. The Kier molecular flexibility index (Phi) is 18.9. The summed E-state index contributed by atoms with van der Waals surface area (Å²) in [6.07, 6.45) is 10.0. The van der Waals surface area contributed by atoms with Gasteiger partial charge in [0.05, 0.1) is 0 Å². The van der Waals surface area contributed by atoms with Gasteiger partial charge < -0.3 is 10.6 Å². The van der Waals surface area contributed by atoms with Gasteiger partial charge >= 0.3 is 8.25 Å². The van der Waals surface area contributed by atoms with Crippen molar-refractivity contribution in [1.29, 1.82) is 0 Å². The summed E-state index contributed by atoms with van der Waals surface area (Å²) >= 11 is 0. The van der Waals surface area contributed by atoms with Gasteiger partial charge in [-0.3, -0.25) is 0 Å². The first kappa shape index (κ1) is 21.9. The summed E-state index contributed by atoms with van der Waals surface area (Å²) < 4.78 is 21.7. The molecule has 0 aliphatic carbocycles. The standard InChI is InChI=1S/C16H36N2O3P/c1-3-5-7-9-11-17-13-15-20-22(19)21-16-14-18-12-10-8-6-4-2/h17-18H,3-16H2,1-2H3/q+1. The van der Waals surface area contributed by atoms with Crippen LogP contribution in [0.4, 0.5) is 0 Å². The molecule has 0 saturated heterocycles. The lowest BCUT2D eigenvalue weighted by molar-refractivity contribution is 0.225. The predicted molar refractivity (Wildman–Crippen MR) is 93.5 cm³/mol. The molecular weight excluding hydrogens is 299 g/mol. The van der Waals surface area contributed by atoms with Crippen LogP contribution in [0.25, 0.3) is 0 Å². The highest BCUT2D eigenvalue weighted by atomic mass is 31.1. The zero-order chi connectivity index (χ0) is 16.3. The van der Waals surface area contributed by atoms with Gasteiger partial charge in [0, 0.05) is 17.7 Å². The molecule has 0 saturated carbocycles. The van der Waals surface area contributed by atoms with Crippen LogP contribution >= 0.6 is 8.25 Å². The SMILES string of the molecule is CCCCCCNCCO[P+](=O)OCCNCCCCCC. The maximum Gasteiger partial charge on any atom is 0.697 e. The maximum atomic E-state index is 11.4. The third-order valence-electron chi connectivity index (χ3n) is 3.37. The molecule has 0 aliphatic rings. The third kappa shape index (κ3) is 18.0. The van der Waals surface area contributed by atoms with Gasteiger partial charge in [-0.15, -0.1) is 9.05 Å². The van der Waals surface area contributed by atoms with Crippen molar-refractivity contribution in [3.63, 3.8) is 0 Å². The van der Waals surface area contributed by atoms with Crippen LogP contribution in [0.15, 0.2) is 0 Å². The van der Waals surface area contributed by atoms with Crippen molar-refractivity contribution in [1.82, 2.24) is 10.6 Å². The normalized spacial score (nSPS) is 11.0. The molecule has 5 nitrogen and oxygen atoms in total. The van der Waals surface area contributed by atoms with E-state index >= 15 is 0 Å². The Balaban J connectivity index is 3.13. The molecule has 0 fully saturated rings. The molecule has 2 N–H and O–H groups in total. The lowest BCUT2D eigenvalue weighted by Gasteiger charge is -2.02. The molecule has 0 heterocycles. The second kappa shape index (κ2) is 19.0. The number of unbranched alkanes of at least 4 members (excludes halogenated alkanes) is 6. The highest BCUT2D eigenvalue weighted by molar-refractivity contribution is 7.33. The molecule has 6 heteroatoms. The number of nitrogens with one attached hydrogen (secondary N) is 2. The van der Waals surface area contributed by atoms with Crippen molar-refractivity contribution in [2.24, 2.45) is 0 Å². The average Bonchev–Trinajstić information content (AvgIpc) is 2.52. The number of hydrogen-bond donors (Lipinski definition) is 2. The van der Waals surface area contributed by atoms with Gasteiger partial charge in [0.25, 0.3) is 0 Å². The smallest absolute Gasteiger partial charge is 0.314 e. The van der Waals surface area contributed by atoms with E-state index in [9.17, 15) is 4.57 Å². The number of rotatable bonds is 18. The Morgan fingerprint density at radius 2 is 1.14 bits per heavy atom. The molecule has 0 rings (SSSR count). The summed E-state index contributed by atoms with van der Waals surface area (Å²) in [6.45, 7) is 8.75. The molecule has 0 aliphatic heterocycles. The third-order valence-corrected chi connectivity index (χ3v) is 4.15. The maximum absolute atomic E-state index is 11.4. The van der Waals surface area contributed by atoms with Crippen molar-refractivity contribution in [2.45, 2.75) is 65.2 Å². The second-order valence-electron chi connectivity index (χ2n) is 5.51. The Bertz CT molecular complexity index is 221. The fraction of sp³-hybridized carbons (Fsp3) is 1.00. The predicted octanol–water partition coefficient (Wildman–Crippen LogP) is 4.02. The van der Waals surface area contributed by atoms with Gasteiger partial charge in [0.1, 0.15) is 13.2 Å². The van der Waals surface area contributed by atoms with E-state index < -0.39 is 8.25 Å². The first-order chi connectivity index (χ1) is 10.8. The van der Waals surface area contributed by atoms with Crippen LogP contribution in [0.5, 0.6) is 0 Å². The molecule has 0 aromatic rings. The van der Waals surface area contributed by atoms with Crippen molar-refractivity contribution in [3.8, 4) is 0 Å². The lowest BCUT2D eigenvalue weighted by atomic mass is 10.2. The van der Waals surface area contributed by atoms with Gasteiger partial charge in [-0.05, 0) is 25.9 Å². The molecule has 132 valence electrons. The first-order valence-corrected chi connectivity index (χ1v) is 10.0. The van der Waals surface area contributed by atoms with E-state index in [2.05, 4.69) is 24.5 Å². The van der Waals surface area contributed by atoms with Crippen LogP contribution < -0.4 is 10.6 Å². The molecule has 0 atom stereocenters. The molecule has 0 radical (unpaired) electrons. The Hall–Kier alpha value is -0.0600. The second-order valence-corrected chi connectivity index (χ2v) is 6.47. The van der Waals surface area contributed by atoms with E-state index in [0.29, 0.717) is 13.2 Å². The van der Waals surface area contributed by atoms with E-state index in [-0.39, 0.29) is 0 Å². The van der Waals surface area contributed by atoms with E-state index in [0.717, 1.165) is 26.2 Å². The Morgan fingerprint density at radius 1 is 0.682 bits per heavy atom. The van der Waals surface area contributed by atoms with Crippen LogP contribution in [0, 0.1) is 0 Å². The first-order valence-electron chi connectivity index (χ1n) is 8.95. The van der Waals surface area contributed by atoms with Crippen molar-refractivity contribution < 1.29 is 13.6 Å². The van der Waals surface area contributed by atoms with Crippen LogP contribution in [-0.4, -0.2) is 39.4 Å². The average molecular weight is 335 g/mol. The molecule has 0 unspecified atom stereocenters. The fourth-order valence-electron chi connectivity index (χ4n) is 2.03. The van der Waals surface area contributed by atoms with Crippen molar-refractivity contribution in [2.75, 3.05) is 39.4 Å². The van der Waals surface area contributed by atoms with E-state index in [1.165, 1.54) is 51.4 Å². The minimum absolute atomic E-state index is 0.438. The Morgan fingerprint density at radius 3 is 1.55 bits per heavy atom. The quantitative estimate of drug-likeness (QED) is 0.293. The van der Waals surface area contributed by atoms with Crippen LogP contribution in [-0.2, 0) is 13.6 Å². The highest BCUT2D eigenvalue weighted by Crippen LogP contribution is 2.22. The summed E-state index contributed by atoms with van der Waals surface area (Å²) in [5, 5.41) is 6.56. The molecule has 0 amide bonds. The molecule has 0 aromatic heterocycles. The Labute approximate surface area is 137 Å². The van der Waals surface area contributed by atoms with Gasteiger partial charge in [0.2, 0.25) is 0 Å². The van der Waals surface area contributed by atoms with E-state index in [1.807, 2.05) is 0 Å². The van der Waals surface area contributed by atoms with Crippen LogP contribution in [0.3, 0.4) is 0 Å². The molecular formula is C16H36N2O3P+. The summed E-state index contributed by atoms with van der Waals surface area (Å²) in [4.78, 5) is 0. The molecule has 0 spiro atoms. The summed E-state index contributed by atoms with van der Waals surface area (Å²) in [5.41, 5.74) is 0. The summed E-state index contributed by atoms with van der Waals surface area (Å²) in [5.74, 6) is 0. The monoisotopic (exact) mass is 335 g/mol. The zero-order valence-electron chi connectivity index (χ0n) is 14.6. The fourth-order valence-corrected chi connectivity index (χ4v) is 2.58. The van der Waals surface area contributed by atoms with E-state index in [4.69, 9.17) is 9.05 Å². The van der Waals surface area contributed by atoms with Crippen molar-refractivity contribution in [3.05, 3.63) is 0 Å². The van der Waals surface area contributed by atoms with Gasteiger partial charge in [-0.1, -0.05) is 52.4 Å². The molecule has 0 aromatic carbocycles. The van der Waals surface area contributed by atoms with Gasteiger partial charge in [0.15, 0.2) is 0 Å². The molecule has 22 heavy (non-hydrogen) atoms. The largest absolute Gasteiger partial charge is 0.697 e. The summed E-state index contributed by atoms with van der Waals surface area (Å²) in [7, 11) is -1.97. The van der Waals surface area contributed by atoms with Crippen LogP contribution in [0.2, 0.25) is 0 Å². The summed E-state index contributed by atoms with van der Waals surface area (Å²) in [6, 6.07) is 0. The van der Waals surface area contributed by atoms with Crippen molar-refractivity contribution >= 4 is 8.25 Å². The lowest BCUT2D eigenvalue weighted by Crippen LogP contribution is -2.21. The minimum atomic E-state index is -1.97. The number of hydrogen-bond acceptors (Lipinski definition) is 5. The van der Waals surface area contributed by atoms with Gasteiger partial charge in [-0.2, -0.15) is 0 Å². The van der Waals surface area contributed by atoms with Crippen LogP contribution in [0.1, 0.15) is 65.2 Å². The topological polar surface area (TPSA) is 59.6 Å². The van der Waals surface area contributed by atoms with E-state index in [1.54, 1.807) is 0 Å². The zero-order valence-corrected chi connectivity index (χ0v) is 15.5. The molecule has 0 bridgehead atoms. The minimum Gasteiger partial charge on any atom is -0.314 e.